The van der Waals surface area contributed by atoms with Gasteiger partial charge in [0.05, 0.1) is 0 Å². The van der Waals surface area contributed by atoms with E-state index in [1.165, 1.54) is 11.1 Å². The smallest absolute Gasteiger partial charge is 0.0390 e. The summed E-state index contributed by atoms with van der Waals surface area (Å²) in [7, 11) is 2.14. The molecule has 1 heterocycles. The monoisotopic (exact) mass is 188 g/mol. The molecule has 0 aromatic heterocycles. The standard InChI is InChI=1S/C12H16N2/c1-3-9-6-10-4-5-14(2)8-11(10)7-12(9)13/h3,6-7H,1,4-5,8,13H2,2H3. The van der Waals surface area contributed by atoms with E-state index >= 15 is 0 Å². The average Bonchev–Trinajstić information content (AvgIpc) is 2.16. The van der Waals surface area contributed by atoms with E-state index in [1.54, 1.807) is 0 Å². The summed E-state index contributed by atoms with van der Waals surface area (Å²) < 4.78 is 0. The van der Waals surface area contributed by atoms with Crippen LogP contribution in [0.4, 0.5) is 5.69 Å². The first-order valence-corrected chi connectivity index (χ1v) is 4.93. The van der Waals surface area contributed by atoms with Gasteiger partial charge in [-0.15, -0.1) is 0 Å². The molecule has 2 rings (SSSR count). The molecule has 1 aromatic rings. The van der Waals surface area contributed by atoms with Crippen LogP contribution in [0.5, 0.6) is 0 Å². The van der Waals surface area contributed by atoms with Crippen molar-refractivity contribution in [1.82, 2.24) is 4.90 Å². The third kappa shape index (κ3) is 1.53. The summed E-state index contributed by atoms with van der Waals surface area (Å²) in [6.07, 6.45) is 2.95. The summed E-state index contributed by atoms with van der Waals surface area (Å²) >= 11 is 0. The Morgan fingerprint density at radius 3 is 2.93 bits per heavy atom. The lowest BCUT2D eigenvalue weighted by Crippen LogP contribution is -2.26. The number of nitrogens with two attached hydrogens (primary N) is 1. The molecule has 1 aliphatic heterocycles. The highest BCUT2D eigenvalue weighted by Gasteiger charge is 2.14. The molecule has 2 N–H and O–H groups in total. The molecule has 0 saturated carbocycles. The first-order chi connectivity index (χ1) is 6.70. The summed E-state index contributed by atoms with van der Waals surface area (Å²) in [4.78, 5) is 2.31. The molecular weight excluding hydrogens is 172 g/mol. The summed E-state index contributed by atoms with van der Waals surface area (Å²) in [5.41, 5.74) is 10.6. The maximum Gasteiger partial charge on any atom is 0.0390 e. The van der Waals surface area contributed by atoms with Crippen molar-refractivity contribution < 1.29 is 0 Å². The number of nitrogens with zero attached hydrogens (tertiary/aromatic N) is 1. The molecule has 14 heavy (non-hydrogen) atoms. The Morgan fingerprint density at radius 2 is 2.21 bits per heavy atom. The van der Waals surface area contributed by atoms with Crippen molar-refractivity contribution in [3.05, 3.63) is 35.4 Å². The van der Waals surface area contributed by atoms with Crippen molar-refractivity contribution in [1.29, 1.82) is 0 Å². The van der Waals surface area contributed by atoms with Crippen LogP contribution in [0.15, 0.2) is 18.7 Å². The number of likely N-dealkylation sites (N-methyl/N-ethyl adjacent to an activating group) is 1. The van der Waals surface area contributed by atoms with Crippen molar-refractivity contribution in [2.45, 2.75) is 13.0 Å². The summed E-state index contributed by atoms with van der Waals surface area (Å²) in [6, 6.07) is 4.26. The molecular formula is C12H16N2. The Bertz CT molecular complexity index is 369. The second-order valence-corrected chi connectivity index (χ2v) is 3.94. The first-order valence-electron chi connectivity index (χ1n) is 4.93. The second-order valence-electron chi connectivity index (χ2n) is 3.94. The zero-order valence-corrected chi connectivity index (χ0v) is 8.59. The zero-order chi connectivity index (χ0) is 10.1. The number of nitrogen functional groups attached to an aromatic ring is 1. The lowest BCUT2D eigenvalue weighted by Gasteiger charge is -2.25. The molecule has 0 fully saturated rings. The third-order valence-corrected chi connectivity index (χ3v) is 2.83. The van der Waals surface area contributed by atoms with Crippen LogP contribution < -0.4 is 5.73 Å². The fraction of sp³-hybridized carbons (Fsp3) is 0.333. The molecule has 2 heteroatoms. The molecule has 1 aromatic carbocycles. The van der Waals surface area contributed by atoms with E-state index in [2.05, 4.69) is 30.7 Å². The molecule has 0 spiro atoms. The predicted molar refractivity (Wildman–Crippen MR) is 61.0 cm³/mol. The molecule has 74 valence electrons. The van der Waals surface area contributed by atoms with Crippen LogP contribution in [0.1, 0.15) is 16.7 Å². The minimum atomic E-state index is 0.842. The molecule has 0 saturated heterocycles. The largest absolute Gasteiger partial charge is 0.398 e. The Hall–Kier alpha value is -1.28. The van der Waals surface area contributed by atoms with E-state index in [0.29, 0.717) is 0 Å². The molecule has 0 atom stereocenters. The van der Waals surface area contributed by atoms with Gasteiger partial charge in [-0.05, 0) is 42.3 Å². The van der Waals surface area contributed by atoms with Crippen LogP contribution >= 0.6 is 0 Å². The molecule has 1 aliphatic rings. The van der Waals surface area contributed by atoms with Crippen LogP contribution in [0.2, 0.25) is 0 Å². The van der Waals surface area contributed by atoms with Crippen molar-refractivity contribution in [2.24, 2.45) is 0 Å². The van der Waals surface area contributed by atoms with Gasteiger partial charge >= 0.3 is 0 Å². The number of fused-ring (bicyclic) bond motifs is 1. The van der Waals surface area contributed by atoms with Crippen molar-refractivity contribution in [2.75, 3.05) is 19.3 Å². The molecule has 0 bridgehead atoms. The predicted octanol–water partition coefficient (Wildman–Crippen LogP) is 1.90. The molecule has 2 nitrogen and oxygen atoms in total. The van der Waals surface area contributed by atoms with Gasteiger partial charge < -0.3 is 10.6 Å². The minimum Gasteiger partial charge on any atom is -0.398 e. The van der Waals surface area contributed by atoms with Crippen LogP contribution in [0, 0.1) is 0 Å². The van der Waals surface area contributed by atoms with Gasteiger partial charge in [-0.2, -0.15) is 0 Å². The Kier molecular flexibility index (Phi) is 2.30. The molecule has 0 aliphatic carbocycles. The van der Waals surface area contributed by atoms with E-state index in [0.717, 1.165) is 30.8 Å². The molecule has 0 amide bonds. The summed E-state index contributed by atoms with van der Waals surface area (Å²) in [5.74, 6) is 0. The number of hydrogen-bond donors (Lipinski definition) is 1. The molecule has 0 unspecified atom stereocenters. The highest BCUT2D eigenvalue weighted by Crippen LogP contribution is 2.24. The number of anilines is 1. The van der Waals surface area contributed by atoms with Gasteiger partial charge in [-0.3, -0.25) is 0 Å². The number of benzene rings is 1. The number of hydrogen-bond acceptors (Lipinski definition) is 2. The van der Waals surface area contributed by atoms with Gasteiger partial charge in [0.15, 0.2) is 0 Å². The van der Waals surface area contributed by atoms with Gasteiger partial charge in [-0.25, -0.2) is 0 Å². The van der Waals surface area contributed by atoms with E-state index in [9.17, 15) is 0 Å². The SMILES string of the molecule is C=Cc1cc2c(cc1N)CN(C)CC2. The topological polar surface area (TPSA) is 29.3 Å². The van der Waals surface area contributed by atoms with Gasteiger partial charge in [0, 0.05) is 18.8 Å². The lowest BCUT2D eigenvalue weighted by molar-refractivity contribution is 0.313. The van der Waals surface area contributed by atoms with Crippen molar-refractivity contribution >= 4 is 11.8 Å². The highest BCUT2D eigenvalue weighted by molar-refractivity contribution is 5.65. The second kappa shape index (κ2) is 3.46. The van der Waals surface area contributed by atoms with Gasteiger partial charge in [-0.1, -0.05) is 12.7 Å². The average molecular weight is 188 g/mol. The lowest BCUT2D eigenvalue weighted by atomic mass is 9.96. The number of rotatable bonds is 1. The third-order valence-electron chi connectivity index (χ3n) is 2.83. The van der Waals surface area contributed by atoms with Crippen molar-refractivity contribution in [3.63, 3.8) is 0 Å². The Labute approximate surface area is 85.0 Å². The highest BCUT2D eigenvalue weighted by atomic mass is 15.1. The van der Waals surface area contributed by atoms with Crippen LogP contribution in [0.3, 0.4) is 0 Å². The van der Waals surface area contributed by atoms with Gasteiger partial charge in [0.1, 0.15) is 0 Å². The van der Waals surface area contributed by atoms with Crippen molar-refractivity contribution in [3.8, 4) is 0 Å². The van der Waals surface area contributed by atoms with E-state index in [4.69, 9.17) is 5.73 Å². The fourth-order valence-electron chi connectivity index (χ4n) is 1.97. The Balaban J connectivity index is 2.45. The van der Waals surface area contributed by atoms with E-state index < -0.39 is 0 Å². The van der Waals surface area contributed by atoms with Crippen LogP contribution in [-0.4, -0.2) is 18.5 Å². The summed E-state index contributed by atoms with van der Waals surface area (Å²) in [6.45, 7) is 5.91. The van der Waals surface area contributed by atoms with E-state index in [1.807, 2.05) is 6.08 Å². The maximum absolute atomic E-state index is 5.91. The Morgan fingerprint density at radius 1 is 1.43 bits per heavy atom. The molecule has 0 radical (unpaired) electrons. The first kappa shape index (κ1) is 9.28. The van der Waals surface area contributed by atoms with Crippen LogP contribution in [-0.2, 0) is 13.0 Å². The van der Waals surface area contributed by atoms with Crippen LogP contribution in [0.25, 0.3) is 6.08 Å². The van der Waals surface area contributed by atoms with E-state index in [-0.39, 0.29) is 0 Å². The van der Waals surface area contributed by atoms with Gasteiger partial charge in [0.2, 0.25) is 0 Å². The maximum atomic E-state index is 5.91. The quantitative estimate of drug-likeness (QED) is 0.682. The fourth-order valence-corrected chi connectivity index (χ4v) is 1.97. The normalized spacial score (nSPS) is 16.4. The minimum absolute atomic E-state index is 0.842. The zero-order valence-electron chi connectivity index (χ0n) is 8.59. The summed E-state index contributed by atoms with van der Waals surface area (Å²) in [5, 5.41) is 0. The van der Waals surface area contributed by atoms with Gasteiger partial charge in [0.25, 0.3) is 0 Å².